The highest BCUT2D eigenvalue weighted by atomic mass is 32.1. The van der Waals surface area contributed by atoms with Gasteiger partial charge in [0, 0.05) is 28.2 Å². The predicted octanol–water partition coefficient (Wildman–Crippen LogP) is 4.47. The molecule has 3 heterocycles. The van der Waals surface area contributed by atoms with Crippen LogP contribution in [-0.2, 0) is 11.2 Å². The second-order valence-electron chi connectivity index (χ2n) is 8.40. The molecule has 1 saturated heterocycles. The van der Waals surface area contributed by atoms with Crippen LogP contribution >= 0.6 is 11.3 Å². The van der Waals surface area contributed by atoms with Crippen LogP contribution in [0, 0.1) is 0 Å². The van der Waals surface area contributed by atoms with E-state index in [-0.39, 0.29) is 11.8 Å². The number of nitrogens with one attached hydrogen (secondary N) is 3. The van der Waals surface area contributed by atoms with Crippen LogP contribution in [0.1, 0.15) is 41.6 Å². The maximum Gasteiger partial charge on any atom is 0.257 e. The Morgan fingerprint density at radius 2 is 2.06 bits per heavy atom. The highest BCUT2D eigenvalue weighted by molar-refractivity contribution is 7.14. The average Bonchev–Trinajstić information content (AvgIpc) is 3.45. The molecule has 3 aromatic rings. The molecule has 33 heavy (non-hydrogen) atoms. The lowest BCUT2D eigenvalue weighted by Gasteiger charge is -2.23. The topological polar surface area (TPSA) is 92.4 Å². The summed E-state index contributed by atoms with van der Waals surface area (Å²) in [5.41, 5.74) is 4.06. The number of carbonyl (C=O) groups excluding carboxylic acids is 2. The highest BCUT2D eigenvalue weighted by Gasteiger charge is 2.19. The van der Waals surface area contributed by atoms with Gasteiger partial charge in [0.1, 0.15) is 5.75 Å². The molecule has 170 valence electrons. The number of fused-ring (bicyclic) bond motifs is 1. The monoisotopic (exact) mass is 462 g/mol. The van der Waals surface area contributed by atoms with Crippen LogP contribution in [0.4, 0.5) is 10.8 Å². The number of hydrogen-bond acceptors (Lipinski definition) is 6. The molecular weight excluding hydrogens is 436 g/mol. The van der Waals surface area contributed by atoms with Gasteiger partial charge in [-0.3, -0.25) is 14.9 Å². The quantitative estimate of drug-likeness (QED) is 0.482. The van der Waals surface area contributed by atoms with Gasteiger partial charge in [0.25, 0.3) is 5.91 Å². The molecule has 5 rings (SSSR count). The Kier molecular flexibility index (Phi) is 6.37. The van der Waals surface area contributed by atoms with E-state index >= 15 is 0 Å². The molecule has 0 saturated carbocycles. The molecule has 1 fully saturated rings. The van der Waals surface area contributed by atoms with Gasteiger partial charge in [-0.25, -0.2) is 4.98 Å². The van der Waals surface area contributed by atoms with E-state index in [2.05, 4.69) is 20.9 Å². The summed E-state index contributed by atoms with van der Waals surface area (Å²) in [7, 11) is 0. The smallest absolute Gasteiger partial charge is 0.257 e. The molecule has 2 amide bonds. The van der Waals surface area contributed by atoms with Crippen molar-refractivity contribution >= 4 is 34.0 Å². The molecule has 0 spiro atoms. The number of carbonyl (C=O) groups is 2. The molecule has 1 atom stereocenters. The molecule has 2 aliphatic heterocycles. The number of rotatable bonds is 7. The number of anilines is 2. The standard InChI is InChI=1S/C25H26N4O3S/c30-23-14-18-13-17(6-9-21(18)27-23)22-15-33-25(28-22)29-24(31)16-4-7-20(8-5-16)32-12-10-19-3-1-2-11-26-19/h4-9,13,15,19,26H,1-3,10-12,14H2,(H,27,30)(H,28,29,31). The van der Waals surface area contributed by atoms with Gasteiger partial charge >= 0.3 is 0 Å². The minimum atomic E-state index is -0.211. The first-order chi connectivity index (χ1) is 16.1. The third-order valence-corrected chi connectivity index (χ3v) is 6.77. The fourth-order valence-electron chi connectivity index (χ4n) is 4.21. The van der Waals surface area contributed by atoms with Gasteiger partial charge in [0.05, 0.1) is 18.7 Å². The lowest BCUT2D eigenvalue weighted by molar-refractivity contribution is -0.115. The summed E-state index contributed by atoms with van der Waals surface area (Å²) in [5, 5.41) is 11.7. The number of amides is 2. The minimum absolute atomic E-state index is 0.00558. The summed E-state index contributed by atoms with van der Waals surface area (Å²) in [6, 6.07) is 13.5. The summed E-state index contributed by atoms with van der Waals surface area (Å²) in [4.78, 5) is 28.7. The van der Waals surface area contributed by atoms with Gasteiger partial charge in [0.2, 0.25) is 5.91 Å². The number of benzene rings is 2. The second kappa shape index (κ2) is 9.72. The molecule has 3 N–H and O–H groups in total. The highest BCUT2D eigenvalue weighted by Crippen LogP contribution is 2.31. The van der Waals surface area contributed by atoms with Crippen LogP contribution in [-0.4, -0.2) is 36.0 Å². The van der Waals surface area contributed by atoms with E-state index in [1.165, 1.54) is 30.6 Å². The zero-order valence-electron chi connectivity index (χ0n) is 18.2. The van der Waals surface area contributed by atoms with E-state index in [0.29, 0.717) is 29.8 Å². The molecular formula is C25H26N4O3S. The van der Waals surface area contributed by atoms with Crippen LogP contribution in [0.2, 0.25) is 0 Å². The maximum absolute atomic E-state index is 12.6. The molecule has 1 aromatic heterocycles. The SMILES string of the molecule is O=C1Cc2cc(-c3csc(NC(=O)c4ccc(OCCC5CCCCN5)cc4)n3)ccc2N1. The lowest BCUT2D eigenvalue weighted by atomic mass is 10.0. The number of ether oxygens (including phenoxy) is 1. The molecule has 0 radical (unpaired) electrons. The largest absolute Gasteiger partial charge is 0.494 e. The van der Waals surface area contributed by atoms with Crippen molar-refractivity contribution in [1.82, 2.24) is 10.3 Å². The number of hydrogen-bond donors (Lipinski definition) is 3. The van der Waals surface area contributed by atoms with E-state index in [0.717, 1.165) is 41.2 Å². The Morgan fingerprint density at radius 1 is 1.18 bits per heavy atom. The van der Waals surface area contributed by atoms with E-state index in [9.17, 15) is 9.59 Å². The molecule has 8 heteroatoms. The minimum Gasteiger partial charge on any atom is -0.494 e. The molecule has 0 aliphatic carbocycles. The number of thiazole rings is 1. The first-order valence-corrected chi connectivity index (χ1v) is 12.2. The summed E-state index contributed by atoms with van der Waals surface area (Å²) in [5.74, 6) is 0.562. The first-order valence-electron chi connectivity index (χ1n) is 11.3. The van der Waals surface area contributed by atoms with Crippen LogP contribution < -0.4 is 20.7 Å². The predicted molar refractivity (Wildman–Crippen MR) is 130 cm³/mol. The van der Waals surface area contributed by atoms with Crippen molar-refractivity contribution in [2.24, 2.45) is 0 Å². The van der Waals surface area contributed by atoms with Crippen molar-refractivity contribution < 1.29 is 14.3 Å². The van der Waals surface area contributed by atoms with Crippen LogP contribution in [0.15, 0.2) is 47.8 Å². The van der Waals surface area contributed by atoms with Gasteiger partial charge in [0.15, 0.2) is 5.13 Å². The van der Waals surface area contributed by atoms with Gasteiger partial charge in [-0.05, 0) is 67.8 Å². The van der Waals surface area contributed by atoms with E-state index in [4.69, 9.17) is 4.74 Å². The van der Waals surface area contributed by atoms with Gasteiger partial charge in [-0.2, -0.15) is 0 Å². The van der Waals surface area contributed by atoms with Crippen molar-refractivity contribution in [3.63, 3.8) is 0 Å². The summed E-state index contributed by atoms with van der Waals surface area (Å²) in [6.45, 7) is 1.76. The van der Waals surface area contributed by atoms with Gasteiger partial charge in [-0.1, -0.05) is 12.5 Å². The zero-order valence-corrected chi connectivity index (χ0v) is 19.0. The van der Waals surface area contributed by atoms with Crippen LogP contribution in [0.3, 0.4) is 0 Å². The third kappa shape index (κ3) is 5.23. The molecule has 0 bridgehead atoms. The Bertz CT molecular complexity index is 1150. The Hall–Kier alpha value is -3.23. The fourth-order valence-corrected chi connectivity index (χ4v) is 4.93. The summed E-state index contributed by atoms with van der Waals surface area (Å²) < 4.78 is 5.84. The molecule has 2 aromatic carbocycles. The summed E-state index contributed by atoms with van der Waals surface area (Å²) in [6.07, 6.45) is 5.13. The maximum atomic E-state index is 12.6. The zero-order chi connectivity index (χ0) is 22.6. The average molecular weight is 463 g/mol. The van der Waals surface area contributed by atoms with Crippen LogP contribution in [0.25, 0.3) is 11.3 Å². The second-order valence-corrected chi connectivity index (χ2v) is 9.26. The fraction of sp³-hybridized carbons (Fsp3) is 0.320. The Labute approximate surface area is 196 Å². The normalized spacial score (nSPS) is 17.3. The van der Waals surface area contributed by atoms with E-state index < -0.39 is 0 Å². The van der Waals surface area contributed by atoms with Crippen molar-refractivity contribution in [2.75, 3.05) is 23.8 Å². The van der Waals surface area contributed by atoms with Crippen molar-refractivity contribution in [1.29, 1.82) is 0 Å². The van der Waals surface area contributed by atoms with E-state index in [1.54, 1.807) is 12.1 Å². The molecule has 2 aliphatic rings. The molecule has 1 unspecified atom stereocenters. The number of piperidine rings is 1. The number of aromatic nitrogens is 1. The number of nitrogens with zero attached hydrogens (tertiary/aromatic N) is 1. The first kappa shape index (κ1) is 21.6. The van der Waals surface area contributed by atoms with Crippen LogP contribution in [0.5, 0.6) is 5.75 Å². The summed E-state index contributed by atoms with van der Waals surface area (Å²) >= 11 is 1.37. The Balaban J connectivity index is 1.15. The molecule has 7 nitrogen and oxygen atoms in total. The van der Waals surface area contributed by atoms with Crippen molar-refractivity contribution in [2.45, 2.75) is 38.1 Å². The van der Waals surface area contributed by atoms with Crippen molar-refractivity contribution in [3.05, 3.63) is 59.0 Å². The van der Waals surface area contributed by atoms with Gasteiger partial charge in [-0.15, -0.1) is 11.3 Å². The third-order valence-electron chi connectivity index (χ3n) is 6.01. The lowest BCUT2D eigenvalue weighted by Crippen LogP contribution is -2.35. The van der Waals surface area contributed by atoms with Gasteiger partial charge < -0.3 is 15.4 Å². The van der Waals surface area contributed by atoms with Crippen molar-refractivity contribution in [3.8, 4) is 17.0 Å². The van der Waals surface area contributed by atoms with E-state index in [1.807, 2.05) is 35.7 Å². The Morgan fingerprint density at radius 3 is 2.88 bits per heavy atom.